The summed E-state index contributed by atoms with van der Waals surface area (Å²) in [5.74, 6) is 0. The van der Waals surface area contributed by atoms with Gasteiger partial charge in [0.05, 0.1) is 5.69 Å². The van der Waals surface area contributed by atoms with Crippen molar-refractivity contribution < 1.29 is 0 Å². The van der Waals surface area contributed by atoms with E-state index in [-0.39, 0.29) is 0 Å². The van der Waals surface area contributed by atoms with Gasteiger partial charge in [0.1, 0.15) is 0 Å². The van der Waals surface area contributed by atoms with E-state index in [1.807, 2.05) is 12.1 Å². The first-order valence-electron chi connectivity index (χ1n) is 2.76. The molecule has 3 heteroatoms. The summed E-state index contributed by atoms with van der Waals surface area (Å²) in [7, 11) is 0. The first-order valence-corrected chi connectivity index (χ1v) is 3.88. The third-order valence-corrected chi connectivity index (χ3v) is 1.37. The van der Waals surface area contributed by atoms with Crippen LogP contribution in [-0.2, 0) is 6.42 Å². The second-order valence-corrected chi connectivity index (χ2v) is 2.45. The highest BCUT2D eigenvalue weighted by atomic mass is 79.9. The molecule has 0 saturated heterocycles. The van der Waals surface area contributed by atoms with E-state index in [1.54, 1.807) is 6.20 Å². The predicted molar refractivity (Wildman–Crippen MR) is 39.5 cm³/mol. The van der Waals surface area contributed by atoms with Crippen LogP contribution < -0.4 is 0 Å². The maximum Gasteiger partial charge on any atom is 0.0639 e. The smallest absolute Gasteiger partial charge is 0.0639 e. The van der Waals surface area contributed by atoms with Gasteiger partial charge in [-0.3, -0.25) is 0 Å². The van der Waals surface area contributed by atoms with E-state index in [0.717, 1.165) is 17.4 Å². The lowest BCUT2D eigenvalue weighted by molar-refractivity contribution is 0.926. The van der Waals surface area contributed by atoms with Gasteiger partial charge >= 0.3 is 0 Å². The van der Waals surface area contributed by atoms with Crippen molar-refractivity contribution in [2.75, 3.05) is 5.33 Å². The molecule has 1 aromatic rings. The molecule has 1 heterocycles. The Kier molecular flexibility index (Phi) is 2.64. The number of rotatable bonds is 2. The molecule has 0 bridgehead atoms. The third kappa shape index (κ3) is 2.10. The molecular weight excluding hydrogens is 180 g/mol. The Morgan fingerprint density at radius 1 is 1.56 bits per heavy atom. The highest BCUT2D eigenvalue weighted by Gasteiger charge is 1.88. The lowest BCUT2D eigenvalue weighted by Crippen LogP contribution is -1.90. The number of aryl methyl sites for hydroxylation is 1. The number of aromatic nitrogens is 2. The summed E-state index contributed by atoms with van der Waals surface area (Å²) in [6.45, 7) is 0. The molecule has 2 nitrogen and oxygen atoms in total. The van der Waals surface area contributed by atoms with Gasteiger partial charge in [-0.05, 0) is 12.1 Å². The fourth-order valence-corrected chi connectivity index (χ4v) is 0.970. The van der Waals surface area contributed by atoms with Crippen LogP contribution in [-0.4, -0.2) is 15.5 Å². The molecule has 0 aliphatic heterocycles. The highest BCUT2D eigenvalue weighted by Crippen LogP contribution is 1.94. The second kappa shape index (κ2) is 3.56. The molecule has 0 aliphatic rings. The largest absolute Gasteiger partial charge is 0.159 e. The van der Waals surface area contributed by atoms with E-state index in [4.69, 9.17) is 0 Å². The number of nitrogens with zero attached hydrogens (tertiary/aromatic N) is 2. The van der Waals surface area contributed by atoms with Gasteiger partial charge in [-0.1, -0.05) is 15.9 Å². The zero-order valence-electron chi connectivity index (χ0n) is 4.92. The number of hydrogen-bond donors (Lipinski definition) is 0. The van der Waals surface area contributed by atoms with Gasteiger partial charge < -0.3 is 0 Å². The fourth-order valence-electron chi connectivity index (χ4n) is 0.564. The molecular formula is C6H7BrN2. The molecule has 0 N–H and O–H groups in total. The van der Waals surface area contributed by atoms with Crippen LogP contribution in [0.4, 0.5) is 0 Å². The van der Waals surface area contributed by atoms with Gasteiger partial charge in [0.15, 0.2) is 0 Å². The van der Waals surface area contributed by atoms with Crippen molar-refractivity contribution in [3.05, 3.63) is 24.0 Å². The fraction of sp³-hybridized carbons (Fsp3) is 0.333. The topological polar surface area (TPSA) is 25.8 Å². The first kappa shape index (κ1) is 6.68. The van der Waals surface area contributed by atoms with E-state index in [2.05, 4.69) is 26.1 Å². The van der Waals surface area contributed by atoms with E-state index in [0.29, 0.717) is 0 Å². The third-order valence-electron chi connectivity index (χ3n) is 0.978. The van der Waals surface area contributed by atoms with Gasteiger partial charge in [-0.25, -0.2) is 0 Å². The molecule has 0 spiro atoms. The maximum absolute atomic E-state index is 3.89. The molecule has 1 aromatic heterocycles. The minimum Gasteiger partial charge on any atom is -0.159 e. The van der Waals surface area contributed by atoms with E-state index in [1.165, 1.54) is 0 Å². The minimum atomic E-state index is 0.950. The Hall–Kier alpha value is -0.440. The SMILES string of the molecule is BrCCc1cccnn1. The van der Waals surface area contributed by atoms with Crippen LogP contribution in [0.1, 0.15) is 5.69 Å². The van der Waals surface area contributed by atoms with Crippen molar-refractivity contribution in [2.24, 2.45) is 0 Å². The summed E-state index contributed by atoms with van der Waals surface area (Å²) >= 11 is 3.32. The average molecular weight is 187 g/mol. The van der Waals surface area contributed by atoms with Crippen LogP contribution in [0.5, 0.6) is 0 Å². The summed E-state index contributed by atoms with van der Waals surface area (Å²) in [6.07, 6.45) is 2.63. The van der Waals surface area contributed by atoms with E-state index >= 15 is 0 Å². The molecule has 0 aliphatic carbocycles. The minimum absolute atomic E-state index is 0.950. The molecule has 0 amide bonds. The summed E-state index contributed by atoms with van der Waals surface area (Å²) < 4.78 is 0. The van der Waals surface area contributed by atoms with Crippen molar-refractivity contribution >= 4 is 15.9 Å². The highest BCUT2D eigenvalue weighted by molar-refractivity contribution is 9.09. The Bertz CT molecular complexity index is 164. The summed E-state index contributed by atoms with van der Waals surface area (Å²) in [6, 6.07) is 3.86. The Morgan fingerprint density at radius 2 is 2.44 bits per heavy atom. The Balaban J connectivity index is 2.61. The summed E-state index contributed by atoms with van der Waals surface area (Å²) in [4.78, 5) is 0. The van der Waals surface area contributed by atoms with Crippen molar-refractivity contribution in [3.63, 3.8) is 0 Å². The standard InChI is InChI=1S/C6H7BrN2/c7-4-3-6-2-1-5-8-9-6/h1-2,5H,3-4H2. The number of alkyl halides is 1. The average Bonchev–Trinajstić information content (AvgIpc) is 1.91. The Morgan fingerprint density at radius 3 is 3.00 bits per heavy atom. The predicted octanol–water partition coefficient (Wildman–Crippen LogP) is 1.41. The molecule has 0 radical (unpaired) electrons. The van der Waals surface area contributed by atoms with E-state index in [9.17, 15) is 0 Å². The number of hydrogen-bond acceptors (Lipinski definition) is 2. The number of halogens is 1. The molecule has 0 unspecified atom stereocenters. The van der Waals surface area contributed by atoms with Crippen molar-refractivity contribution in [1.29, 1.82) is 0 Å². The lowest BCUT2D eigenvalue weighted by Gasteiger charge is -1.90. The maximum atomic E-state index is 3.89. The van der Waals surface area contributed by atoms with Crippen molar-refractivity contribution in [3.8, 4) is 0 Å². The molecule has 0 fully saturated rings. The molecule has 0 atom stereocenters. The lowest BCUT2D eigenvalue weighted by atomic mass is 10.3. The van der Waals surface area contributed by atoms with Gasteiger partial charge in [-0.2, -0.15) is 10.2 Å². The Labute approximate surface area is 62.4 Å². The quantitative estimate of drug-likeness (QED) is 0.654. The van der Waals surface area contributed by atoms with Crippen molar-refractivity contribution in [2.45, 2.75) is 6.42 Å². The van der Waals surface area contributed by atoms with Crippen LogP contribution in [0.25, 0.3) is 0 Å². The van der Waals surface area contributed by atoms with Crippen LogP contribution >= 0.6 is 15.9 Å². The second-order valence-electron chi connectivity index (χ2n) is 1.65. The zero-order chi connectivity index (χ0) is 6.53. The summed E-state index contributed by atoms with van der Waals surface area (Å²) in [5.41, 5.74) is 1.04. The van der Waals surface area contributed by atoms with Crippen LogP contribution in [0.15, 0.2) is 18.3 Å². The van der Waals surface area contributed by atoms with Gasteiger partial charge in [0.25, 0.3) is 0 Å². The molecule has 1 rings (SSSR count). The van der Waals surface area contributed by atoms with E-state index < -0.39 is 0 Å². The van der Waals surface area contributed by atoms with Crippen LogP contribution in [0.3, 0.4) is 0 Å². The monoisotopic (exact) mass is 186 g/mol. The summed E-state index contributed by atoms with van der Waals surface area (Å²) in [5, 5.41) is 8.57. The van der Waals surface area contributed by atoms with Crippen molar-refractivity contribution in [1.82, 2.24) is 10.2 Å². The van der Waals surface area contributed by atoms with Crippen LogP contribution in [0.2, 0.25) is 0 Å². The van der Waals surface area contributed by atoms with Gasteiger partial charge in [0, 0.05) is 17.9 Å². The first-order chi connectivity index (χ1) is 4.43. The molecule has 0 aromatic carbocycles. The normalized spacial score (nSPS) is 9.44. The van der Waals surface area contributed by atoms with Gasteiger partial charge in [0.2, 0.25) is 0 Å². The van der Waals surface area contributed by atoms with Crippen LogP contribution in [0, 0.1) is 0 Å². The molecule has 0 saturated carbocycles. The molecule has 9 heavy (non-hydrogen) atoms. The van der Waals surface area contributed by atoms with Gasteiger partial charge in [-0.15, -0.1) is 0 Å². The zero-order valence-corrected chi connectivity index (χ0v) is 6.50. The molecule has 48 valence electrons.